The van der Waals surface area contributed by atoms with Crippen LogP contribution in [0, 0.1) is 12.7 Å². The van der Waals surface area contributed by atoms with Gasteiger partial charge in [0, 0.05) is 28.8 Å². The number of pyridine rings is 2. The monoisotopic (exact) mass is 486 g/mol. The summed E-state index contributed by atoms with van der Waals surface area (Å²) in [5, 5.41) is 11.2. The first-order valence-corrected chi connectivity index (χ1v) is 12.5. The van der Waals surface area contributed by atoms with Gasteiger partial charge in [-0.25, -0.2) is 14.2 Å². The smallest absolute Gasteiger partial charge is 0.340 e. The second-order valence-electron chi connectivity index (χ2n) is 8.17. The molecule has 4 heterocycles. The van der Waals surface area contributed by atoms with E-state index in [1.54, 1.807) is 23.8 Å². The maximum atomic E-state index is 14.5. The van der Waals surface area contributed by atoms with Crippen LogP contribution in [0.3, 0.4) is 0 Å². The Morgan fingerprint density at radius 3 is 2.53 bits per heavy atom. The highest BCUT2D eigenvalue weighted by molar-refractivity contribution is 7.93. The molecule has 1 aromatic carbocycles. The minimum Gasteiger partial charge on any atom is -0.458 e. The number of cyclic esters (lactones) is 1. The Kier molecular flexibility index (Phi) is 6.80. The largest absolute Gasteiger partial charge is 0.458 e. The number of carbonyl (C=O) groups excluding carboxylic acids is 1. The Bertz CT molecular complexity index is 1370. The van der Waals surface area contributed by atoms with E-state index in [0.29, 0.717) is 34.6 Å². The van der Waals surface area contributed by atoms with E-state index in [-0.39, 0.29) is 23.5 Å². The van der Waals surface area contributed by atoms with Crippen LogP contribution in [0.15, 0.2) is 16.9 Å². The molecule has 0 saturated heterocycles. The maximum absolute atomic E-state index is 14.5. The minimum atomic E-state index is -1.48. The Balaban J connectivity index is 0.000000510. The number of hydrogen-bond donors (Lipinski definition) is 2. The van der Waals surface area contributed by atoms with Crippen molar-refractivity contribution in [3.8, 4) is 11.4 Å². The molecule has 3 aromatic rings. The van der Waals surface area contributed by atoms with Crippen molar-refractivity contribution in [2.24, 2.45) is 0 Å². The van der Waals surface area contributed by atoms with Gasteiger partial charge in [0.1, 0.15) is 12.4 Å². The standard InChI is InChI=1S/C22H17FN2O4.C2H6.CH4OS/c1-9-10-3-2-4-11-13-7-25-17(19(13)24-16(18(10)11)6-15(9)23)5-12-14(21(25)27)8-29-22(28)20(12)26;1-2;1-3-2/h5-6,20,26H,2-4,7-8H2,1H3;1-2H3;2H,1H3. The maximum Gasteiger partial charge on any atom is 0.340 e. The van der Waals surface area contributed by atoms with E-state index in [9.17, 15) is 19.1 Å². The number of rotatable bonds is 0. The highest BCUT2D eigenvalue weighted by atomic mass is 32.2. The molecule has 7 nitrogen and oxygen atoms in total. The van der Waals surface area contributed by atoms with Crippen LogP contribution in [0.2, 0.25) is 0 Å². The van der Waals surface area contributed by atoms with Gasteiger partial charge in [-0.15, -0.1) is 0 Å². The number of aliphatic hydroxyl groups excluding tert-OH is 1. The first-order chi connectivity index (χ1) is 16.4. The van der Waals surface area contributed by atoms with Crippen LogP contribution in [0.25, 0.3) is 22.3 Å². The quantitative estimate of drug-likeness (QED) is 0.282. The summed E-state index contributed by atoms with van der Waals surface area (Å²) in [6.45, 7) is 6.05. The van der Waals surface area contributed by atoms with E-state index >= 15 is 0 Å². The first kappa shape index (κ1) is 24.4. The lowest BCUT2D eigenvalue weighted by Gasteiger charge is -2.22. The minimum absolute atomic E-state index is 0.141. The number of hydrogen-bond acceptors (Lipinski definition) is 7. The Morgan fingerprint density at radius 1 is 1.15 bits per heavy atom. The molecule has 0 fully saturated rings. The third-order valence-corrected chi connectivity index (χ3v) is 6.54. The highest BCUT2D eigenvalue weighted by Gasteiger charge is 2.35. The summed E-state index contributed by atoms with van der Waals surface area (Å²) in [6, 6.07) is 3.13. The van der Waals surface area contributed by atoms with E-state index < -0.39 is 12.1 Å². The summed E-state index contributed by atoms with van der Waals surface area (Å²) >= 11 is 0.750. The van der Waals surface area contributed by atoms with E-state index in [0.717, 1.165) is 53.4 Å². The molecule has 1 unspecified atom stereocenters. The van der Waals surface area contributed by atoms with Crippen LogP contribution in [-0.2, 0) is 35.5 Å². The summed E-state index contributed by atoms with van der Waals surface area (Å²) in [4.78, 5) is 29.6. The summed E-state index contributed by atoms with van der Waals surface area (Å²) in [7, 11) is 0. The van der Waals surface area contributed by atoms with Crippen molar-refractivity contribution in [2.45, 2.75) is 59.3 Å². The molecule has 2 N–H and O–H groups in total. The lowest BCUT2D eigenvalue weighted by Crippen LogP contribution is -2.32. The van der Waals surface area contributed by atoms with Crippen LogP contribution in [0.4, 0.5) is 4.39 Å². The molecule has 180 valence electrons. The van der Waals surface area contributed by atoms with Gasteiger partial charge in [0.2, 0.25) is 0 Å². The van der Waals surface area contributed by atoms with Crippen molar-refractivity contribution in [1.82, 2.24) is 9.55 Å². The van der Waals surface area contributed by atoms with Gasteiger partial charge in [0.05, 0.1) is 29.0 Å². The molecule has 6 rings (SSSR count). The van der Waals surface area contributed by atoms with Crippen molar-refractivity contribution in [3.63, 3.8) is 0 Å². The van der Waals surface area contributed by atoms with Gasteiger partial charge in [-0.2, -0.15) is 0 Å². The van der Waals surface area contributed by atoms with E-state index in [2.05, 4.69) is 0 Å². The van der Waals surface area contributed by atoms with Gasteiger partial charge >= 0.3 is 5.97 Å². The summed E-state index contributed by atoms with van der Waals surface area (Å²) in [5.74, 6) is -1.03. The SMILES string of the molecule is CC.CSO.Cc1c(F)cc2nc3c(c4c2c1CCC4)Cn1c-3cc2c(c1=O)COC(=O)C2O. The molecule has 0 amide bonds. The third kappa shape index (κ3) is 3.62. The average Bonchev–Trinajstić information content (AvgIpc) is 3.21. The predicted octanol–water partition coefficient (Wildman–Crippen LogP) is 4.30. The number of carbonyl (C=O) groups is 1. The van der Waals surface area contributed by atoms with Gasteiger partial charge in [-0.3, -0.25) is 4.79 Å². The Morgan fingerprint density at radius 2 is 1.82 bits per heavy atom. The molecule has 3 aliphatic rings. The summed E-state index contributed by atoms with van der Waals surface area (Å²) in [6.07, 6.45) is 2.71. The average molecular weight is 487 g/mol. The van der Waals surface area contributed by atoms with Crippen molar-refractivity contribution < 1.29 is 23.6 Å². The zero-order chi connectivity index (χ0) is 24.7. The molecule has 9 heteroatoms. The highest BCUT2D eigenvalue weighted by Crippen LogP contribution is 2.41. The molecular weight excluding hydrogens is 459 g/mol. The van der Waals surface area contributed by atoms with Gasteiger partial charge in [-0.05, 0) is 61.0 Å². The number of aliphatic hydroxyl groups is 1. The number of ether oxygens (including phenoxy) is 1. The number of fused-ring (bicyclic) bond motifs is 5. The zero-order valence-corrected chi connectivity index (χ0v) is 20.4. The number of nitrogens with zero attached hydrogens (tertiary/aromatic N) is 2. The molecule has 1 aliphatic carbocycles. The third-order valence-electron chi connectivity index (χ3n) is 6.54. The number of halogens is 1. The Labute approximate surface area is 200 Å². The number of esters is 1. The van der Waals surface area contributed by atoms with Crippen molar-refractivity contribution in [3.05, 3.63) is 61.7 Å². The first-order valence-electron chi connectivity index (χ1n) is 11.3. The van der Waals surface area contributed by atoms with Crippen LogP contribution >= 0.6 is 12.0 Å². The topological polar surface area (TPSA) is 102 Å². The van der Waals surface area contributed by atoms with Crippen molar-refractivity contribution in [2.75, 3.05) is 6.26 Å². The normalized spacial score (nSPS) is 16.9. The Hall–Kier alpha value is -2.75. The molecular formula is C25H27FN2O5S. The fourth-order valence-corrected chi connectivity index (χ4v) is 5.06. The molecule has 34 heavy (non-hydrogen) atoms. The fourth-order valence-electron chi connectivity index (χ4n) is 5.06. The van der Waals surface area contributed by atoms with Crippen LogP contribution in [0.1, 0.15) is 59.8 Å². The van der Waals surface area contributed by atoms with Crippen LogP contribution in [0.5, 0.6) is 0 Å². The number of aromatic nitrogens is 2. The molecule has 0 bridgehead atoms. The van der Waals surface area contributed by atoms with Gasteiger partial charge in [-0.1, -0.05) is 13.8 Å². The van der Waals surface area contributed by atoms with E-state index in [4.69, 9.17) is 14.3 Å². The molecule has 0 radical (unpaired) electrons. The lowest BCUT2D eigenvalue weighted by atomic mass is 9.85. The number of aryl methyl sites for hydroxylation is 2. The number of benzene rings is 1. The zero-order valence-electron chi connectivity index (χ0n) is 19.6. The van der Waals surface area contributed by atoms with Crippen molar-refractivity contribution in [1.29, 1.82) is 0 Å². The molecule has 1 atom stereocenters. The molecule has 2 aliphatic heterocycles. The molecule has 0 saturated carbocycles. The summed E-state index contributed by atoms with van der Waals surface area (Å²) < 4.78 is 28.5. The van der Waals surface area contributed by atoms with Crippen LogP contribution < -0.4 is 5.56 Å². The lowest BCUT2D eigenvalue weighted by molar-refractivity contribution is -0.157. The van der Waals surface area contributed by atoms with E-state index in [1.807, 2.05) is 13.8 Å². The fraction of sp³-hybridized carbons (Fsp3) is 0.400. The van der Waals surface area contributed by atoms with Crippen LogP contribution in [-0.4, -0.2) is 31.4 Å². The molecule has 2 aromatic heterocycles. The molecule has 0 spiro atoms. The van der Waals surface area contributed by atoms with Gasteiger partial charge in [0.25, 0.3) is 5.56 Å². The van der Waals surface area contributed by atoms with E-state index in [1.165, 1.54) is 6.07 Å². The second kappa shape index (κ2) is 9.48. The predicted molar refractivity (Wildman–Crippen MR) is 130 cm³/mol. The van der Waals surface area contributed by atoms with Crippen molar-refractivity contribution >= 4 is 28.9 Å². The van der Waals surface area contributed by atoms with Gasteiger partial charge < -0.3 is 19.0 Å². The summed E-state index contributed by atoms with van der Waals surface area (Å²) in [5.41, 5.74) is 5.86. The van der Waals surface area contributed by atoms with Gasteiger partial charge in [0.15, 0.2) is 6.10 Å². The second-order valence-corrected chi connectivity index (χ2v) is 8.54.